The van der Waals surface area contributed by atoms with Crippen LogP contribution in [0.4, 0.5) is 18.9 Å². The van der Waals surface area contributed by atoms with Crippen LogP contribution in [-0.2, 0) is 10.8 Å². The van der Waals surface area contributed by atoms with E-state index in [-0.39, 0.29) is 11.1 Å². The van der Waals surface area contributed by atoms with Gasteiger partial charge >= 0.3 is 5.51 Å². The minimum atomic E-state index is -4.92. The van der Waals surface area contributed by atoms with Crippen LogP contribution in [0.5, 0.6) is 0 Å². The fraction of sp³-hybridized carbons (Fsp3) is 0.214. The van der Waals surface area contributed by atoms with Crippen LogP contribution in [0.1, 0.15) is 12.6 Å². The van der Waals surface area contributed by atoms with Crippen molar-refractivity contribution in [3.63, 3.8) is 0 Å². The summed E-state index contributed by atoms with van der Waals surface area (Å²) < 4.78 is 49.2. The van der Waals surface area contributed by atoms with Gasteiger partial charge in [0.25, 0.3) is 5.56 Å². The summed E-state index contributed by atoms with van der Waals surface area (Å²) in [5, 5.41) is 0. The predicted octanol–water partition coefficient (Wildman–Crippen LogP) is 3.46. The van der Waals surface area contributed by atoms with E-state index >= 15 is 0 Å². The highest BCUT2D eigenvalue weighted by Gasteiger charge is 2.38. The third kappa shape index (κ3) is 4.99. The molecule has 0 fully saturated rings. The lowest BCUT2D eigenvalue weighted by molar-refractivity contribution is -0.0384. The standard InChI is InChI=1S/C14H13F3N3O2PS2/c1-2-24-10-4-3-5-18-11(10)13(23)20-9-6-8(7-19-12(9)21)25(22)14(15,16)17/h3-7H,2,23H2,1H3,(H,19,21). The van der Waals surface area contributed by atoms with Crippen molar-refractivity contribution in [1.82, 2.24) is 9.97 Å². The quantitative estimate of drug-likeness (QED) is 0.468. The Morgan fingerprint density at radius 2 is 2.20 bits per heavy atom. The van der Waals surface area contributed by atoms with Crippen molar-refractivity contribution in [2.45, 2.75) is 22.2 Å². The molecule has 0 amide bonds. The van der Waals surface area contributed by atoms with E-state index < -0.39 is 26.8 Å². The van der Waals surface area contributed by atoms with Crippen molar-refractivity contribution < 1.29 is 17.4 Å². The summed E-state index contributed by atoms with van der Waals surface area (Å²) in [7, 11) is -0.937. The molecule has 0 spiro atoms. The SMILES string of the molecule is CCSc1cccnc1C(P)=Nc1cc(S(=O)C(F)(F)F)c[nH]c1=O. The van der Waals surface area contributed by atoms with Crippen LogP contribution in [0.3, 0.4) is 0 Å². The van der Waals surface area contributed by atoms with E-state index in [4.69, 9.17) is 0 Å². The number of aromatic amines is 1. The minimum absolute atomic E-state index is 0.279. The Balaban J connectivity index is 2.47. The van der Waals surface area contributed by atoms with E-state index in [9.17, 15) is 22.2 Å². The van der Waals surface area contributed by atoms with Crippen molar-refractivity contribution in [3.05, 3.63) is 46.6 Å². The normalized spacial score (nSPS) is 13.7. The molecule has 5 nitrogen and oxygen atoms in total. The zero-order valence-electron chi connectivity index (χ0n) is 12.8. The first-order valence-electron chi connectivity index (χ1n) is 6.87. The Morgan fingerprint density at radius 1 is 1.48 bits per heavy atom. The summed E-state index contributed by atoms with van der Waals surface area (Å²) in [6, 6.07) is 4.44. The summed E-state index contributed by atoms with van der Waals surface area (Å²) in [5.41, 5.74) is -5.10. The highest BCUT2D eigenvalue weighted by Crippen LogP contribution is 2.28. The third-order valence-corrected chi connectivity index (χ3v) is 5.25. The second-order valence-electron chi connectivity index (χ2n) is 4.54. The zero-order valence-corrected chi connectivity index (χ0v) is 15.6. The molecule has 11 heteroatoms. The van der Waals surface area contributed by atoms with Gasteiger partial charge in [-0.25, -0.2) is 9.20 Å². The molecule has 2 heterocycles. The van der Waals surface area contributed by atoms with Crippen molar-refractivity contribution >= 4 is 42.9 Å². The Bertz CT molecular complexity index is 884. The van der Waals surface area contributed by atoms with Gasteiger partial charge in [-0.2, -0.15) is 13.2 Å². The van der Waals surface area contributed by atoms with E-state index in [0.29, 0.717) is 5.69 Å². The highest BCUT2D eigenvalue weighted by atomic mass is 32.2. The molecular weight excluding hydrogens is 394 g/mol. The molecule has 2 rings (SSSR count). The van der Waals surface area contributed by atoms with Gasteiger partial charge in [-0.05, 0) is 24.0 Å². The summed E-state index contributed by atoms with van der Waals surface area (Å²) in [6.07, 6.45) is 2.32. The summed E-state index contributed by atoms with van der Waals surface area (Å²) >= 11 is 1.52. The molecule has 0 aliphatic rings. The van der Waals surface area contributed by atoms with Gasteiger partial charge < -0.3 is 4.98 Å². The average Bonchev–Trinajstić information content (AvgIpc) is 2.56. The topological polar surface area (TPSA) is 75.2 Å². The number of nitrogens with zero attached hydrogens (tertiary/aromatic N) is 2. The average molecular weight is 407 g/mol. The lowest BCUT2D eigenvalue weighted by Gasteiger charge is -2.08. The van der Waals surface area contributed by atoms with Gasteiger partial charge in [0, 0.05) is 17.3 Å². The van der Waals surface area contributed by atoms with Crippen molar-refractivity contribution in [1.29, 1.82) is 0 Å². The zero-order chi connectivity index (χ0) is 18.6. The number of thioether (sulfide) groups is 1. The smallest absolute Gasteiger partial charge is 0.326 e. The second-order valence-corrected chi connectivity index (χ2v) is 7.87. The number of hydrogen-bond acceptors (Lipinski definition) is 5. The van der Waals surface area contributed by atoms with Crippen LogP contribution < -0.4 is 5.56 Å². The second kappa shape index (κ2) is 8.25. The van der Waals surface area contributed by atoms with Crippen LogP contribution in [0, 0.1) is 0 Å². The van der Waals surface area contributed by atoms with Gasteiger partial charge in [0.05, 0.1) is 10.3 Å². The first-order chi connectivity index (χ1) is 11.7. The van der Waals surface area contributed by atoms with Crippen LogP contribution in [0.2, 0.25) is 0 Å². The lowest BCUT2D eigenvalue weighted by Crippen LogP contribution is -2.18. The number of pyridine rings is 2. The number of rotatable bonds is 5. The van der Waals surface area contributed by atoms with E-state index in [1.54, 1.807) is 12.3 Å². The molecule has 2 unspecified atom stereocenters. The summed E-state index contributed by atoms with van der Waals surface area (Å²) in [6.45, 7) is 1.96. The fourth-order valence-electron chi connectivity index (χ4n) is 1.81. The Kier molecular flexibility index (Phi) is 6.53. The highest BCUT2D eigenvalue weighted by molar-refractivity contribution is 7.99. The van der Waals surface area contributed by atoms with Crippen LogP contribution in [0.25, 0.3) is 0 Å². The van der Waals surface area contributed by atoms with Gasteiger partial charge in [-0.1, -0.05) is 16.2 Å². The Morgan fingerprint density at radius 3 is 2.84 bits per heavy atom. The Labute approximate surface area is 150 Å². The lowest BCUT2D eigenvalue weighted by atomic mass is 10.3. The monoisotopic (exact) mass is 407 g/mol. The first kappa shape index (κ1) is 19.8. The number of aromatic nitrogens is 2. The maximum Gasteiger partial charge on any atom is 0.475 e. The van der Waals surface area contributed by atoms with Crippen LogP contribution in [-0.4, -0.2) is 30.9 Å². The van der Waals surface area contributed by atoms with E-state index in [0.717, 1.165) is 22.9 Å². The molecule has 0 radical (unpaired) electrons. The Hall–Kier alpha value is -1.51. The van der Waals surface area contributed by atoms with Crippen LogP contribution >= 0.6 is 21.0 Å². The van der Waals surface area contributed by atoms with E-state index in [2.05, 4.69) is 24.2 Å². The van der Waals surface area contributed by atoms with Gasteiger partial charge in [-0.3, -0.25) is 9.78 Å². The number of alkyl halides is 3. The fourth-order valence-corrected chi connectivity index (χ4v) is 3.72. The molecule has 25 heavy (non-hydrogen) atoms. The van der Waals surface area contributed by atoms with E-state index in [1.807, 2.05) is 13.0 Å². The maximum absolute atomic E-state index is 12.6. The van der Waals surface area contributed by atoms with Crippen molar-refractivity contribution in [2.75, 3.05) is 5.75 Å². The maximum atomic E-state index is 12.6. The number of halogens is 3. The molecule has 2 atom stereocenters. The van der Waals surface area contributed by atoms with Gasteiger partial charge in [0.15, 0.2) is 10.8 Å². The van der Waals surface area contributed by atoms with Gasteiger partial charge in [0.1, 0.15) is 11.4 Å². The summed E-state index contributed by atoms with van der Waals surface area (Å²) in [4.78, 5) is 22.5. The number of aliphatic imine (C=N–C) groups is 1. The number of nitrogens with one attached hydrogen (secondary N) is 1. The minimum Gasteiger partial charge on any atom is -0.326 e. The van der Waals surface area contributed by atoms with E-state index in [1.165, 1.54) is 11.8 Å². The molecule has 0 saturated heterocycles. The molecule has 2 aromatic heterocycles. The molecule has 0 aliphatic heterocycles. The van der Waals surface area contributed by atoms with Crippen molar-refractivity contribution in [3.8, 4) is 0 Å². The van der Waals surface area contributed by atoms with Gasteiger partial charge in [0.2, 0.25) is 0 Å². The molecule has 0 aromatic carbocycles. The molecule has 2 aromatic rings. The third-order valence-electron chi connectivity index (χ3n) is 2.84. The largest absolute Gasteiger partial charge is 0.475 e. The molecule has 0 bridgehead atoms. The van der Waals surface area contributed by atoms with Crippen LogP contribution in [0.15, 0.2) is 50.2 Å². The van der Waals surface area contributed by atoms with Crippen molar-refractivity contribution in [2.24, 2.45) is 4.99 Å². The molecule has 134 valence electrons. The first-order valence-corrected chi connectivity index (χ1v) is 9.59. The number of H-pyrrole nitrogens is 1. The molecular formula is C14H13F3N3O2PS2. The summed E-state index contributed by atoms with van der Waals surface area (Å²) in [5.74, 6) is 0.789. The molecule has 1 N–H and O–H groups in total. The number of hydrogen-bond donors (Lipinski definition) is 1. The molecule has 0 aliphatic carbocycles. The van der Waals surface area contributed by atoms with Gasteiger partial charge in [-0.15, -0.1) is 11.8 Å². The predicted molar refractivity (Wildman–Crippen MR) is 96.1 cm³/mol. The molecule has 0 saturated carbocycles.